The highest BCUT2D eigenvalue weighted by Gasteiger charge is 2.23. The highest BCUT2D eigenvalue weighted by molar-refractivity contribution is 7.92. The average molecular weight is 562 g/mol. The van der Waals surface area contributed by atoms with Gasteiger partial charge < -0.3 is 16.2 Å². The van der Waals surface area contributed by atoms with Crippen LogP contribution in [0.5, 0.6) is 5.88 Å². The van der Waals surface area contributed by atoms with Gasteiger partial charge in [0, 0.05) is 28.8 Å². The third kappa shape index (κ3) is 4.87. The quantitative estimate of drug-likeness (QED) is 0.260. The van der Waals surface area contributed by atoms with Crippen LogP contribution < -0.4 is 20.9 Å². The number of rotatable bonds is 7. The Bertz CT molecular complexity index is 1900. The molecule has 0 aliphatic rings. The molecule has 0 atom stereocenters. The van der Waals surface area contributed by atoms with E-state index in [1.807, 2.05) is 6.07 Å². The zero-order chi connectivity index (χ0) is 28.6. The van der Waals surface area contributed by atoms with Gasteiger partial charge in [0.1, 0.15) is 28.0 Å². The van der Waals surface area contributed by atoms with Crippen LogP contribution in [0.2, 0.25) is 0 Å². The van der Waals surface area contributed by atoms with Crippen molar-refractivity contribution in [2.45, 2.75) is 4.90 Å². The minimum atomic E-state index is -4.48. The molecule has 2 aromatic heterocycles. The van der Waals surface area contributed by atoms with Gasteiger partial charge in [-0.15, -0.1) is 0 Å². The summed E-state index contributed by atoms with van der Waals surface area (Å²) in [5.74, 6) is -2.84. The van der Waals surface area contributed by atoms with E-state index in [-0.39, 0.29) is 22.9 Å². The standard InChI is InChI=1S/C28H21F2N5O4S/c1-39-28-22(35-40(37,38)23-10-8-18(29)13-20(23)30)12-17(14-33-28)16-7-9-21-19(11-16)25(27(32)36)24(26(31)34-21)15-5-3-2-4-6-15/h2-14,35H,1H3,(H2,31,34)(H2,32,36). The maximum absolute atomic E-state index is 14.3. The number of fused-ring (bicyclic) bond motifs is 1. The topological polar surface area (TPSA) is 150 Å². The van der Waals surface area contributed by atoms with Crippen LogP contribution in [0.4, 0.5) is 20.3 Å². The van der Waals surface area contributed by atoms with Crippen LogP contribution in [0.3, 0.4) is 0 Å². The van der Waals surface area contributed by atoms with Crippen LogP contribution >= 0.6 is 0 Å². The highest BCUT2D eigenvalue weighted by atomic mass is 32.2. The normalized spacial score (nSPS) is 11.4. The maximum Gasteiger partial charge on any atom is 0.264 e. The first kappa shape index (κ1) is 26.5. The molecule has 0 bridgehead atoms. The molecule has 0 spiro atoms. The lowest BCUT2D eigenvalue weighted by Crippen LogP contribution is -2.16. The number of nitrogens with one attached hydrogen (secondary N) is 1. The molecule has 40 heavy (non-hydrogen) atoms. The van der Waals surface area contributed by atoms with Crippen molar-refractivity contribution in [3.05, 3.63) is 96.2 Å². The monoisotopic (exact) mass is 561 g/mol. The number of hydrogen-bond donors (Lipinski definition) is 3. The van der Waals surface area contributed by atoms with E-state index in [0.717, 1.165) is 12.1 Å². The molecule has 5 rings (SSSR count). The number of pyridine rings is 2. The van der Waals surface area contributed by atoms with Crippen molar-refractivity contribution >= 4 is 38.3 Å². The number of sulfonamides is 1. The molecule has 1 amide bonds. The Morgan fingerprint density at radius 1 is 0.950 bits per heavy atom. The Hall–Kier alpha value is -5.10. The van der Waals surface area contributed by atoms with Gasteiger partial charge >= 0.3 is 0 Å². The second-order valence-electron chi connectivity index (χ2n) is 8.67. The molecule has 3 aromatic carbocycles. The molecule has 0 unspecified atom stereocenters. The van der Waals surface area contributed by atoms with Gasteiger partial charge in [0.05, 0.1) is 18.2 Å². The summed E-state index contributed by atoms with van der Waals surface area (Å²) < 4.78 is 60.9. The van der Waals surface area contributed by atoms with Crippen molar-refractivity contribution in [3.63, 3.8) is 0 Å². The van der Waals surface area contributed by atoms with Gasteiger partial charge in [-0.1, -0.05) is 36.4 Å². The molecule has 5 N–H and O–H groups in total. The molecule has 9 nitrogen and oxygen atoms in total. The number of hydrogen-bond acceptors (Lipinski definition) is 7. The van der Waals surface area contributed by atoms with Crippen molar-refractivity contribution in [1.29, 1.82) is 0 Å². The van der Waals surface area contributed by atoms with Gasteiger partial charge in [0.15, 0.2) is 0 Å². The van der Waals surface area contributed by atoms with Crippen LogP contribution in [0.1, 0.15) is 10.4 Å². The molecule has 0 aliphatic heterocycles. The fraction of sp³-hybridized carbons (Fsp3) is 0.0357. The van der Waals surface area contributed by atoms with Crippen LogP contribution in [0, 0.1) is 11.6 Å². The number of carbonyl (C=O) groups is 1. The van der Waals surface area contributed by atoms with E-state index in [0.29, 0.717) is 39.2 Å². The van der Waals surface area contributed by atoms with Crippen LogP contribution in [0.25, 0.3) is 33.2 Å². The van der Waals surface area contributed by atoms with E-state index in [2.05, 4.69) is 14.7 Å². The van der Waals surface area contributed by atoms with Crippen molar-refractivity contribution in [1.82, 2.24) is 9.97 Å². The maximum atomic E-state index is 14.3. The van der Waals surface area contributed by atoms with Crippen molar-refractivity contribution < 1.29 is 26.7 Å². The molecule has 0 saturated heterocycles. The number of amides is 1. The molecule has 0 aliphatic carbocycles. The SMILES string of the molecule is COc1ncc(-c2ccc3nc(N)c(-c4ccccc4)c(C(N)=O)c3c2)cc1NS(=O)(=O)c1ccc(F)cc1F. The van der Waals surface area contributed by atoms with Crippen LogP contribution in [0.15, 0.2) is 83.9 Å². The number of aromatic nitrogens is 2. The molecule has 0 radical (unpaired) electrons. The van der Waals surface area contributed by atoms with Gasteiger partial charge in [0.2, 0.25) is 11.8 Å². The number of ether oxygens (including phenoxy) is 1. The molecular weight excluding hydrogens is 540 g/mol. The average Bonchev–Trinajstić information content (AvgIpc) is 2.92. The first-order valence-electron chi connectivity index (χ1n) is 11.7. The lowest BCUT2D eigenvalue weighted by molar-refractivity contribution is 0.100. The smallest absolute Gasteiger partial charge is 0.264 e. The molecule has 202 valence electrons. The Labute approximate surface area is 227 Å². The number of methoxy groups -OCH3 is 1. The number of primary amides is 1. The number of nitrogen functional groups attached to an aromatic ring is 1. The number of carbonyl (C=O) groups excluding carboxylic acids is 1. The van der Waals surface area contributed by atoms with Crippen molar-refractivity contribution in [2.75, 3.05) is 17.6 Å². The summed E-state index contributed by atoms with van der Waals surface area (Å²) in [7, 11) is -3.20. The summed E-state index contributed by atoms with van der Waals surface area (Å²) in [5.41, 5.74) is 14.5. The zero-order valence-corrected chi connectivity index (χ0v) is 21.7. The molecule has 5 aromatic rings. The minimum Gasteiger partial charge on any atom is -0.480 e. The van der Waals surface area contributed by atoms with Gasteiger partial charge in [-0.25, -0.2) is 27.2 Å². The molecule has 0 fully saturated rings. The lowest BCUT2D eigenvalue weighted by Gasteiger charge is -2.15. The summed E-state index contributed by atoms with van der Waals surface area (Å²) in [6.45, 7) is 0. The Balaban J connectivity index is 1.64. The largest absolute Gasteiger partial charge is 0.480 e. The first-order chi connectivity index (χ1) is 19.1. The second kappa shape index (κ2) is 10.2. The minimum absolute atomic E-state index is 0.0886. The van der Waals surface area contributed by atoms with E-state index in [9.17, 15) is 22.0 Å². The fourth-order valence-corrected chi connectivity index (χ4v) is 5.46. The number of halogens is 2. The Kier molecular flexibility index (Phi) is 6.78. The number of nitrogens with two attached hydrogens (primary N) is 2. The highest BCUT2D eigenvalue weighted by Crippen LogP contribution is 2.37. The van der Waals surface area contributed by atoms with Gasteiger partial charge in [-0.05, 0) is 41.5 Å². The summed E-state index contributed by atoms with van der Waals surface area (Å²) in [5, 5.41) is 0.421. The molecule has 12 heteroatoms. The van der Waals surface area contributed by atoms with Gasteiger partial charge in [-0.2, -0.15) is 0 Å². The van der Waals surface area contributed by atoms with E-state index in [1.54, 1.807) is 42.5 Å². The molecule has 2 heterocycles. The summed E-state index contributed by atoms with van der Waals surface area (Å²) in [6.07, 6.45) is 1.43. The Morgan fingerprint density at radius 2 is 1.70 bits per heavy atom. The number of nitrogens with zero attached hydrogens (tertiary/aromatic N) is 2. The third-order valence-electron chi connectivity index (χ3n) is 6.13. The lowest BCUT2D eigenvalue weighted by atomic mass is 9.94. The molecule has 0 saturated carbocycles. The summed E-state index contributed by atoms with van der Waals surface area (Å²) in [4.78, 5) is 20.5. The zero-order valence-electron chi connectivity index (χ0n) is 20.9. The Morgan fingerprint density at radius 3 is 2.38 bits per heavy atom. The fourth-order valence-electron chi connectivity index (χ4n) is 4.35. The number of benzene rings is 3. The predicted octanol–water partition coefficient (Wildman–Crippen LogP) is 4.73. The van der Waals surface area contributed by atoms with Crippen molar-refractivity contribution in [2.24, 2.45) is 5.73 Å². The summed E-state index contributed by atoms with van der Waals surface area (Å²) >= 11 is 0. The van der Waals surface area contributed by atoms with E-state index < -0.39 is 32.5 Å². The second-order valence-corrected chi connectivity index (χ2v) is 10.3. The van der Waals surface area contributed by atoms with E-state index in [4.69, 9.17) is 16.2 Å². The third-order valence-corrected chi connectivity index (χ3v) is 7.53. The van der Waals surface area contributed by atoms with Crippen LogP contribution in [-0.2, 0) is 10.0 Å². The van der Waals surface area contributed by atoms with E-state index >= 15 is 0 Å². The first-order valence-corrected chi connectivity index (χ1v) is 13.2. The van der Waals surface area contributed by atoms with Crippen molar-refractivity contribution in [3.8, 4) is 28.1 Å². The summed E-state index contributed by atoms with van der Waals surface area (Å²) in [6, 6.07) is 17.5. The predicted molar refractivity (Wildman–Crippen MR) is 147 cm³/mol. The van der Waals surface area contributed by atoms with Gasteiger partial charge in [-0.3, -0.25) is 9.52 Å². The van der Waals surface area contributed by atoms with Gasteiger partial charge in [0.25, 0.3) is 10.0 Å². The molecular formula is C28H21F2N5O4S. The van der Waals surface area contributed by atoms with Crippen LogP contribution in [-0.4, -0.2) is 31.4 Å². The number of anilines is 2. The van der Waals surface area contributed by atoms with E-state index in [1.165, 1.54) is 19.4 Å².